The minimum atomic E-state index is -3.94. The van der Waals surface area contributed by atoms with Crippen molar-refractivity contribution in [1.29, 1.82) is 0 Å². The molecule has 9 nitrogen and oxygen atoms in total. The van der Waals surface area contributed by atoms with E-state index >= 15 is 0 Å². The van der Waals surface area contributed by atoms with Crippen molar-refractivity contribution >= 4 is 13.6 Å². The SMILES string of the molecule is COP(=O)(O)C[C@H]1O[C@H](COC(=O)c2ccccc2)[C@@H](OCc2ccc(C)cc2)[C@@H]2OC(C)(C)O[C@@H]21. The van der Waals surface area contributed by atoms with Gasteiger partial charge in [-0.3, -0.25) is 4.57 Å². The summed E-state index contributed by atoms with van der Waals surface area (Å²) in [7, 11) is -2.77. The number of carbonyl (C=O) groups is 1. The molecular weight excluding hydrogens is 487 g/mol. The number of carbonyl (C=O) groups excluding carboxylic acids is 1. The second-order valence-electron chi connectivity index (χ2n) is 9.51. The van der Waals surface area contributed by atoms with Gasteiger partial charge in [0.2, 0.25) is 0 Å². The molecule has 0 amide bonds. The summed E-state index contributed by atoms with van der Waals surface area (Å²) in [6.07, 6.45) is -3.89. The van der Waals surface area contributed by atoms with Gasteiger partial charge in [0.15, 0.2) is 5.79 Å². The first kappa shape index (κ1) is 26.9. The van der Waals surface area contributed by atoms with E-state index in [9.17, 15) is 14.3 Å². The molecule has 2 saturated heterocycles. The molecule has 2 fully saturated rings. The van der Waals surface area contributed by atoms with Crippen LogP contribution in [0.3, 0.4) is 0 Å². The number of hydrogen-bond donors (Lipinski definition) is 1. The van der Waals surface area contributed by atoms with Crippen LogP contribution in [-0.2, 0) is 39.4 Å². The van der Waals surface area contributed by atoms with Gasteiger partial charge in [-0.15, -0.1) is 0 Å². The molecule has 2 aromatic rings. The van der Waals surface area contributed by atoms with Gasteiger partial charge in [-0.2, -0.15) is 0 Å². The van der Waals surface area contributed by atoms with Crippen molar-refractivity contribution < 1.29 is 42.5 Å². The number of ether oxygens (including phenoxy) is 5. The molecule has 36 heavy (non-hydrogen) atoms. The summed E-state index contributed by atoms with van der Waals surface area (Å²) in [5.41, 5.74) is 2.49. The molecule has 0 aromatic heterocycles. The van der Waals surface area contributed by atoms with Gasteiger partial charge in [-0.25, -0.2) is 4.79 Å². The van der Waals surface area contributed by atoms with E-state index in [4.69, 9.17) is 28.2 Å². The highest BCUT2D eigenvalue weighted by Gasteiger charge is 2.57. The minimum absolute atomic E-state index is 0.140. The summed E-state index contributed by atoms with van der Waals surface area (Å²) in [6, 6.07) is 16.6. The highest BCUT2D eigenvalue weighted by Crippen LogP contribution is 2.47. The van der Waals surface area contributed by atoms with Crippen LogP contribution in [0.25, 0.3) is 0 Å². The van der Waals surface area contributed by atoms with Gasteiger partial charge in [0.1, 0.15) is 31.0 Å². The van der Waals surface area contributed by atoms with Crippen LogP contribution in [0.15, 0.2) is 54.6 Å². The minimum Gasteiger partial charge on any atom is -0.459 e. The van der Waals surface area contributed by atoms with Crippen LogP contribution in [0.2, 0.25) is 0 Å². The fraction of sp³-hybridized carbons (Fsp3) is 0.500. The summed E-state index contributed by atoms with van der Waals surface area (Å²) in [6.45, 7) is 5.66. The molecule has 0 saturated carbocycles. The van der Waals surface area contributed by atoms with Crippen molar-refractivity contribution in [2.24, 2.45) is 0 Å². The van der Waals surface area contributed by atoms with Crippen molar-refractivity contribution in [2.45, 2.75) is 63.7 Å². The Morgan fingerprint density at radius 1 is 1.03 bits per heavy atom. The number of aryl methyl sites for hydroxylation is 1. The molecule has 1 unspecified atom stereocenters. The van der Waals surface area contributed by atoms with Crippen LogP contribution < -0.4 is 0 Å². The van der Waals surface area contributed by atoms with Crippen LogP contribution in [0, 0.1) is 6.92 Å². The zero-order valence-corrected chi connectivity index (χ0v) is 21.8. The summed E-state index contributed by atoms with van der Waals surface area (Å²) >= 11 is 0. The van der Waals surface area contributed by atoms with E-state index in [2.05, 4.69) is 0 Å². The second-order valence-corrected chi connectivity index (χ2v) is 11.5. The molecule has 0 aliphatic carbocycles. The molecule has 4 rings (SSSR count). The first-order chi connectivity index (χ1) is 17.1. The lowest BCUT2D eigenvalue weighted by atomic mass is 9.95. The lowest BCUT2D eigenvalue weighted by molar-refractivity contribution is -0.211. The molecule has 2 aliphatic rings. The van der Waals surface area contributed by atoms with Gasteiger partial charge in [-0.05, 0) is 38.5 Å². The molecule has 1 N–H and O–H groups in total. The number of hydrogen-bond acceptors (Lipinski definition) is 8. The van der Waals surface area contributed by atoms with Crippen LogP contribution in [0.4, 0.5) is 0 Å². The number of benzene rings is 2. The lowest BCUT2D eigenvalue weighted by Crippen LogP contribution is -2.59. The van der Waals surface area contributed by atoms with Gasteiger partial charge < -0.3 is 33.1 Å². The number of fused-ring (bicyclic) bond motifs is 1. The van der Waals surface area contributed by atoms with E-state index in [1.165, 1.54) is 7.11 Å². The first-order valence-corrected chi connectivity index (χ1v) is 13.6. The molecule has 10 heteroatoms. The first-order valence-electron chi connectivity index (χ1n) is 11.8. The molecular formula is C26H33O9P. The Balaban J connectivity index is 1.57. The Labute approximate surface area is 211 Å². The molecule has 0 bridgehead atoms. The van der Waals surface area contributed by atoms with E-state index in [-0.39, 0.29) is 19.4 Å². The van der Waals surface area contributed by atoms with E-state index in [0.717, 1.165) is 11.1 Å². The Hall–Kier alpha value is -2.10. The van der Waals surface area contributed by atoms with Gasteiger partial charge in [0.25, 0.3) is 0 Å². The van der Waals surface area contributed by atoms with Gasteiger partial charge >= 0.3 is 13.6 Å². The summed E-state index contributed by atoms with van der Waals surface area (Å²) in [5, 5.41) is 0. The van der Waals surface area contributed by atoms with Crippen LogP contribution in [0.1, 0.15) is 35.3 Å². The summed E-state index contributed by atoms with van der Waals surface area (Å²) < 4.78 is 47.6. The maximum absolute atomic E-state index is 12.6. The maximum Gasteiger partial charge on any atom is 0.338 e. The normalized spacial score (nSPS) is 28.8. The van der Waals surface area contributed by atoms with Gasteiger partial charge in [0, 0.05) is 7.11 Å². The largest absolute Gasteiger partial charge is 0.459 e. The Morgan fingerprint density at radius 2 is 1.69 bits per heavy atom. The molecule has 0 spiro atoms. The fourth-order valence-corrected chi connectivity index (χ4v) is 5.32. The van der Waals surface area contributed by atoms with Crippen molar-refractivity contribution in [2.75, 3.05) is 19.9 Å². The van der Waals surface area contributed by atoms with Crippen LogP contribution >= 0.6 is 7.60 Å². The van der Waals surface area contributed by atoms with Gasteiger partial charge in [0.05, 0.1) is 24.4 Å². The molecule has 196 valence electrons. The van der Waals surface area contributed by atoms with Crippen molar-refractivity contribution in [3.8, 4) is 0 Å². The van der Waals surface area contributed by atoms with Crippen molar-refractivity contribution in [3.63, 3.8) is 0 Å². The van der Waals surface area contributed by atoms with Crippen LogP contribution in [0.5, 0.6) is 0 Å². The summed E-state index contributed by atoms with van der Waals surface area (Å²) in [4.78, 5) is 22.8. The average Bonchev–Trinajstić information content (AvgIpc) is 3.18. The highest BCUT2D eigenvalue weighted by atomic mass is 31.2. The fourth-order valence-electron chi connectivity index (χ4n) is 4.43. The quantitative estimate of drug-likeness (QED) is 0.389. The highest BCUT2D eigenvalue weighted by molar-refractivity contribution is 7.52. The average molecular weight is 521 g/mol. The topological polar surface area (TPSA) is 110 Å². The van der Waals surface area contributed by atoms with E-state index in [1.807, 2.05) is 37.3 Å². The third kappa shape index (κ3) is 6.61. The second kappa shape index (κ2) is 11.1. The van der Waals surface area contributed by atoms with Crippen molar-refractivity contribution in [3.05, 3.63) is 71.3 Å². The number of rotatable bonds is 9. The summed E-state index contributed by atoms with van der Waals surface area (Å²) in [5.74, 6) is -1.48. The lowest BCUT2D eigenvalue weighted by Gasteiger charge is -2.42. The third-order valence-electron chi connectivity index (χ3n) is 6.22. The predicted octanol–water partition coefficient (Wildman–Crippen LogP) is 3.86. The molecule has 0 radical (unpaired) electrons. The third-order valence-corrected chi connectivity index (χ3v) is 7.61. The Morgan fingerprint density at radius 3 is 2.36 bits per heavy atom. The van der Waals surface area contributed by atoms with Crippen molar-refractivity contribution in [1.82, 2.24) is 0 Å². The van der Waals surface area contributed by atoms with Crippen LogP contribution in [-0.4, -0.2) is 67.0 Å². The number of esters is 1. The molecule has 2 aromatic carbocycles. The van der Waals surface area contributed by atoms with E-state index < -0.39 is 49.9 Å². The monoisotopic (exact) mass is 520 g/mol. The Kier molecular flexibility index (Phi) is 8.32. The molecule has 6 atom stereocenters. The zero-order chi connectivity index (χ0) is 25.9. The molecule has 2 heterocycles. The zero-order valence-electron chi connectivity index (χ0n) is 20.9. The van der Waals surface area contributed by atoms with E-state index in [0.29, 0.717) is 5.56 Å². The smallest absolute Gasteiger partial charge is 0.338 e. The van der Waals surface area contributed by atoms with Gasteiger partial charge in [-0.1, -0.05) is 48.0 Å². The van der Waals surface area contributed by atoms with E-state index in [1.54, 1.807) is 38.1 Å². The standard InChI is InChI=1S/C26H33O9P/c1-17-10-12-18(13-11-17)14-31-22-20(15-32-25(27)19-8-6-5-7-9-19)33-21(16-36(28,29)30-4)23-24(22)35-26(2,3)34-23/h5-13,20-24H,14-16H2,1-4H3,(H,28,29)/t20-,21-,22-,23-,24+/m1/s1. The maximum atomic E-state index is 12.6. The molecule has 2 aliphatic heterocycles. The predicted molar refractivity (Wildman–Crippen MR) is 131 cm³/mol. The Bertz CT molecular complexity index is 1070.